The number of ether oxygens (including phenoxy) is 2. The summed E-state index contributed by atoms with van der Waals surface area (Å²) in [6.45, 7) is 9.52. The van der Waals surface area contributed by atoms with Crippen LogP contribution in [0, 0.1) is 5.92 Å². The second-order valence-electron chi connectivity index (χ2n) is 6.91. The Morgan fingerprint density at radius 1 is 1.04 bits per heavy atom. The van der Waals surface area contributed by atoms with Gasteiger partial charge in [0.25, 0.3) is 0 Å². The second-order valence-corrected chi connectivity index (χ2v) is 6.91. The van der Waals surface area contributed by atoms with Crippen LogP contribution in [-0.2, 0) is 22.6 Å². The van der Waals surface area contributed by atoms with E-state index in [4.69, 9.17) is 9.47 Å². The molecule has 1 aromatic carbocycles. The van der Waals surface area contributed by atoms with Gasteiger partial charge in [-0.25, -0.2) is 0 Å². The van der Waals surface area contributed by atoms with Crippen molar-refractivity contribution in [2.75, 3.05) is 53.0 Å². The first-order valence-corrected chi connectivity index (χ1v) is 8.92. The van der Waals surface area contributed by atoms with Crippen molar-refractivity contribution in [1.29, 1.82) is 0 Å². The van der Waals surface area contributed by atoms with Crippen LogP contribution >= 0.6 is 0 Å². The fourth-order valence-electron chi connectivity index (χ4n) is 3.76. The maximum atomic E-state index is 5.45. The summed E-state index contributed by atoms with van der Waals surface area (Å²) in [6, 6.07) is 8.88. The molecule has 0 N–H and O–H groups in total. The topological polar surface area (TPSA) is 24.9 Å². The van der Waals surface area contributed by atoms with Crippen molar-refractivity contribution in [1.82, 2.24) is 9.80 Å². The van der Waals surface area contributed by atoms with Gasteiger partial charge in [-0.05, 0) is 36.4 Å². The number of hydrogen-bond acceptors (Lipinski definition) is 4. The summed E-state index contributed by atoms with van der Waals surface area (Å²) >= 11 is 0. The van der Waals surface area contributed by atoms with Crippen LogP contribution in [0.4, 0.5) is 0 Å². The van der Waals surface area contributed by atoms with Crippen molar-refractivity contribution in [3.05, 3.63) is 35.4 Å². The number of likely N-dealkylation sites (tertiary alicyclic amines) is 1. The number of nitrogens with zero attached hydrogens (tertiary/aromatic N) is 2. The van der Waals surface area contributed by atoms with Crippen molar-refractivity contribution < 1.29 is 9.47 Å². The van der Waals surface area contributed by atoms with E-state index in [1.54, 1.807) is 7.11 Å². The zero-order chi connectivity index (χ0) is 15.9. The highest BCUT2D eigenvalue weighted by Crippen LogP contribution is 2.20. The quantitative estimate of drug-likeness (QED) is 0.804. The van der Waals surface area contributed by atoms with E-state index in [9.17, 15) is 0 Å². The average Bonchev–Trinajstić information content (AvgIpc) is 2.58. The molecule has 1 unspecified atom stereocenters. The van der Waals surface area contributed by atoms with Crippen LogP contribution in [0.2, 0.25) is 0 Å². The minimum atomic E-state index is 0.700. The number of benzene rings is 1. The maximum absolute atomic E-state index is 5.45. The summed E-state index contributed by atoms with van der Waals surface area (Å²) in [4.78, 5) is 5.21. The molecule has 1 atom stereocenters. The molecule has 3 rings (SSSR count). The van der Waals surface area contributed by atoms with Crippen LogP contribution in [0.25, 0.3) is 0 Å². The first-order chi connectivity index (χ1) is 11.3. The molecule has 0 saturated carbocycles. The number of morpholine rings is 1. The van der Waals surface area contributed by atoms with E-state index < -0.39 is 0 Å². The molecule has 0 amide bonds. The van der Waals surface area contributed by atoms with Crippen molar-refractivity contribution in [3.8, 4) is 0 Å². The minimum Gasteiger partial charge on any atom is -0.380 e. The fourth-order valence-corrected chi connectivity index (χ4v) is 3.76. The largest absolute Gasteiger partial charge is 0.380 e. The van der Waals surface area contributed by atoms with Gasteiger partial charge in [-0.1, -0.05) is 24.3 Å². The molecular formula is C19H30N2O2. The van der Waals surface area contributed by atoms with E-state index in [-0.39, 0.29) is 0 Å². The highest BCUT2D eigenvalue weighted by molar-refractivity contribution is 5.22. The third-order valence-corrected chi connectivity index (χ3v) is 4.96. The van der Waals surface area contributed by atoms with Crippen molar-refractivity contribution >= 4 is 0 Å². The molecule has 2 aliphatic rings. The lowest BCUT2D eigenvalue weighted by molar-refractivity contribution is 0.0224. The van der Waals surface area contributed by atoms with Crippen LogP contribution in [0.3, 0.4) is 0 Å². The van der Waals surface area contributed by atoms with Gasteiger partial charge in [0.05, 0.1) is 19.8 Å². The average molecular weight is 318 g/mol. The number of rotatable bonds is 6. The molecule has 1 aromatic rings. The zero-order valence-corrected chi connectivity index (χ0v) is 14.4. The lowest BCUT2D eigenvalue weighted by Gasteiger charge is -2.36. The Balaban J connectivity index is 1.47. The smallest absolute Gasteiger partial charge is 0.0713 e. The van der Waals surface area contributed by atoms with Crippen molar-refractivity contribution in [2.45, 2.75) is 26.0 Å². The maximum Gasteiger partial charge on any atom is 0.0713 e. The summed E-state index contributed by atoms with van der Waals surface area (Å²) in [5.74, 6) is 0.814. The van der Waals surface area contributed by atoms with Crippen LogP contribution < -0.4 is 0 Å². The van der Waals surface area contributed by atoms with Crippen LogP contribution in [0.15, 0.2) is 24.3 Å². The van der Waals surface area contributed by atoms with E-state index in [1.807, 2.05) is 0 Å². The molecule has 0 aromatic heterocycles. The molecule has 2 saturated heterocycles. The Bertz CT molecular complexity index is 457. The highest BCUT2D eigenvalue weighted by Gasteiger charge is 2.23. The highest BCUT2D eigenvalue weighted by atomic mass is 16.5. The van der Waals surface area contributed by atoms with E-state index in [0.29, 0.717) is 6.61 Å². The van der Waals surface area contributed by atoms with Gasteiger partial charge in [0.1, 0.15) is 0 Å². The molecule has 2 heterocycles. The molecule has 2 fully saturated rings. The Hall–Kier alpha value is -0.940. The molecule has 0 aliphatic carbocycles. The molecule has 4 nitrogen and oxygen atoms in total. The fraction of sp³-hybridized carbons (Fsp3) is 0.684. The molecule has 4 heteroatoms. The predicted octanol–water partition coefficient (Wildman–Crippen LogP) is 2.38. The second kappa shape index (κ2) is 8.78. The summed E-state index contributed by atoms with van der Waals surface area (Å²) in [6.07, 6.45) is 2.71. The number of methoxy groups -OCH3 is 1. The van der Waals surface area contributed by atoms with Gasteiger partial charge in [0, 0.05) is 39.8 Å². The summed E-state index contributed by atoms with van der Waals surface area (Å²) in [5.41, 5.74) is 2.66. The van der Waals surface area contributed by atoms with Gasteiger partial charge >= 0.3 is 0 Å². The normalized spacial score (nSPS) is 24.0. The number of hydrogen-bond donors (Lipinski definition) is 0. The van der Waals surface area contributed by atoms with Gasteiger partial charge in [0.2, 0.25) is 0 Å². The van der Waals surface area contributed by atoms with Gasteiger partial charge in [-0.2, -0.15) is 0 Å². The Morgan fingerprint density at radius 3 is 2.52 bits per heavy atom. The third kappa shape index (κ3) is 5.28. The predicted molar refractivity (Wildman–Crippen MR) is 92.4 cm³/mol. The molecule has 0 radical (unpaired) electrons. The lowest BCUT2D eigenvalue weighted by Crippen LogP contribution is -2.44. The first kappa shape index (κ1) is 16.9. The van der Waals surface area contributed by atoms with E-state index in [1.165, 1.54) is 43.6 Å². The third-order valence-electron chi connectivity index (χ3n) is 4.96. The Labute approximate surface area is 140 Å². The monoisotopic (exact) mass is 318 g/mol. The van der Waals surface area contributed by atoms with Gasteiger partial charge < -0.3 is 9.47 Å². The van der Waals surface area contributed by atoms with Crippen LogP contribution in [-0.4, -0.2) is 62.8 Å². The van der Waals surface area contributed by atoms with Crippen LogP contribution in [0.5, 0.6) is 0 Å². The van der Waals surface area contributed by atoms with Crippen molar-refractivity contribution in [3.63, 3.8) is 0 Å². The van der Waals surface area contributed by atoms with Gasteiger partial charge in [-0.3, -0.25) is 9.80 Å². The molecule has 23 heavy (non-hydrogen) atoms. The van der Waals surface area contributed by atoms with E-state index in [0.717, 1.165) is 38.8 Å². The van der Waals surface area contributed by atoms with Crippen LogP contribution in [0.1, 0.15) is 24.0 Å². The Morgan fingerprint density at radius 2 is 1.78 bits per heavy atom. The molecule has 2 aliphatic heterocycles. The summed E-state index contributed by atoms with van der Waals surface area (Å²) in [7, 11) is 1.75. The van der Waals surface area contributed by atoms with Gasteiger partial charge in [-0.15, -0.1) is 0 Å². The molecule has 0 spiro atoms. The molecule has 0 bridgehead atoms. The zero-order valence-electron chi connectivity index (χ0n) is 14.4. The van der Waals surface area contributed by atoms with E-state index >= 15 is 0 Å². The molecule has 128 valence electrons. The van der Waals surface area contributed by atoms with Crippen molar-refractivity contribution in [2.24, 2.45) is 5.92 Å². The SMILES string of the molecule is COCc1ccc(CN2CCCC(CN3CCOCC3)C2)cc1. The first-order valence-electron chi connectivity index (χ1n) is 8.92. The standard InChI is InChI=1S/C19H30N2O2/c1-22-16-18-6-4-17(5-7-18)13-21-8-2-3-19(15-21)14-20-9-11-23-12-10-20/h4-7,19H,2-3,8-16H2,1H3. The lowest BCUT2D eigenvalue weighted by atomic mass is 9.96. The molecular weight excluding hydrogens is 288 g/mol. The number of piperidine rings is 1. The minimum absolute atomic E-state index is 0.700. The van der Waals surface area contributed by atoms with Gasteiger partial charge in [0.15, 0.2) is 0 Å². The summed E-state index contributed by atoms with van der Waals surface area (Å²) in [5, 5.41) is 0. The van der Waals surface area contributed by atoms with E-state index in [2.05, 4.69) is 34.1 Å². The Kier molecular flexibility index (Phi) is 6.46. The summed E-state index contributed by atoms with van der Waals surface area (Å²) < 4.78 is 10.6.